The van der Waals surface area contributed by atoms with E-state index in [1.807, 2.05) is 6.07 Å². The van der Waals surface area contributed by atoms with Gasteiger partial charge in [0.15, 0.2) is 11.5 Å². The second kappa shape index (κ2) is 9.17. The third-order valence-electron chi connectivity index (χ3n) is 5.08. The first-order chi connectivity index (χ1) is 14.6. The number of aryl methyl sites for hydroxylation is 2. The first-order valence-corrected chi connectivity index (χ1v) is 10.8. The molecule has 3 amide bonds. The summed E-state index contributed by atoms with van der Waals surface area (Å²) >= 11 is 1.49. The molecule has 2 heterocycles. The Labute approximate surface area is 177 Å². The van der Waals surface area contributed by atoms with E-state index >= 15 is 0 Å². The summed E-state index contributed by atoms with van der Waals surface area (Å²) in [4.78, 5) is 38.4. The van der Waals surface area contributed by atoms with Crippen molar-refractivity contribution in [2.75, 3.05) is 13.3 Å². The van der Waals surface area contributed by atoms with E-state index in [1.165, 1.54) is 34.6 Å². The summed E-state index contributed by atoms with van der Waals surface area (Å²) in [6.07, 6.45) is 6.75. The molecule has 3 N–H and O–H groups in total. The molecule has 2 aromatic rings. The number of ether oxygens (including phenoxy) is 2. The Bertz CT molecular complexity index is 946. The lowest BCUT2D eigenvalue weighted by Gasteiger charge is -2.08. The van der Waals surface area contributed by atoms with Crippen LogP contribution >= 0.6 is 11.3 Å². The van der Waals surface area contributed by atoms with Gasteiger partial charge in [-0.3, -0.25) is 25.2 Å². The molecule has 0 radical (unpaired) electrons. The van der Waals surface area contributed by atoms with Gasteiger partial charge >= 0.3 is 0 Å². The molecular weight excluding hydrogens is 406 g/mol. The molecule has 0 bridgehead atoms. The van der Waals surface area contributed by atoms with Gasteiger partial charge in [-0.2, -0.15) is 0 Å². The van der Waals surface area contributed by atoms with E-state index < -0.39 is 11.8 Å². The molecule has 0 fully saturated rings. The number of fused-ring (bicyclic) bond motifs is 2. The molecule has 1 aromatic carbocycles. The van der Waals surface area contributed by atoms with Gasteiger partial charge in [0.2, 0.25) is 6.79 Å². The zero-order valence-electron chi connectivity index (χ0n) is 16.4. The van der Waals surface area contributed by atoms with Gasteiger partial charge in [-0.25, -0.2) is 0 Å². The lowest BCUT2D eigenvalue weighted by atomic mass is 10.00. The van der Waals surface area contributed by atoms with Crippen LogP contribution in [0.2, 0.25) is 0 Å². The molecule has 1 aromatic heterocycles. The number of rotatable bonds is 4. The molecule has 8 nitrogen and oxygen atoms in total. The van der Waals surface area contributed by atoms with Crippen LogP contribution in [0.15, 0.2) is 24.3 Å². The zero-order valence-corrected chi connectivity index (χ0v) is 17.2. The molecule has 30 heavy (non-hydrogen) atoms. The maximum atomic E-state index is 12.4. The normalized spacial score (nSPS) is 14.8. The lowest BCUT2D eigenvalue weighted by Crippen LogP contribution is -2.46. The van der Waals surface area contributed by atoms with Crippen LogP contribution < -0.4 is 25.6 Å². The molecule has 1 aliphatic heterocycles. The Balaban J connectivity index is 1.25. The highest BCUT2D eigenvalue weighted by Gasteiger charge is 2.18. The molecule has 158 valence electrons. The molecule has 0 atom stereocenters. The summed E-state index contributed by atoms with van der Waals surface area (Å²) in [5.41, 5.74) is 6.36. The Morgan fingerprint density at radius 2 is 1.70 bits per heavy atom. The van der Waals surface area contributed by atoms with Crippen LogP contribution in [0, 0.1) is 0 Å². The maximum Gasteiger partial charge on any atom is 0.279 e. The van der Waals surface area contributed by atoms with Gasteiger partial charge in [0, 0.05) is 10.4 Å². The monoisotopic (exact) mass is 429 g/mol. The SMILES string of the molecule is O=C(CNC(=O)c1ccc2c(c1)OCO2)NNC(=O)c1cc2c(s1)CCCCCC2. The van der Waals surface area contributed by atoms with Crippen LogP contribution in [0.3, 0.4) is 0 Å². The smallest absolute Gasteiger partial charge is 0.279 e. The third kappa shape index (κ3) is 4.73. The molecule has 9 heteroatoms. The Morgan fingerprint density at radius 3 is 2.57 bits per heavy atom. The number of hydrogen-bond donors (Lipinski definition) is 3. The van der Waals surface area contributed by atoms with Gasteiger partial charge in [0.1, 0.15) is 0 Å². The third-order valence-corrected chi connectivity index (χ3v) is 6.32. The Kier molecular flexibility index (Phi) is 6.18. The number of carbonyl (C=O) groups is 3. The van der Waals surface area contributed by atoms with Crippen molar-refractivity contribution < 1.29 is 23.9 Å². The predicted molar refractivity (Wildman–Crippen MR) is 111 cm³/mol. The minimum atomic E-state index is -0.521. The molecule has 2 aliphatic rings. The number of carbonyl (C=O) groups excluding carboxylic acids is 3. The molecule has 0 spiro atoms. The minimum absolute atomic E-state index is 0.121. The van der Waals surface area contributed by atoms with Crippen LogP contribution in [0.5, 0.6) is 11.5 Å². The van der Waals surface area contributed by atoms with Crippen molar-refractivity contribution in [2.24, 2.45) is 0 Å². The summed E-state index contributed by atoms with van der Waals surface area (Å²) in [6.45, 7) is -0.149. The summed E-state index contributed by atoms with van der Waals surface area (Å²) in [5, 5.41) is 2.51. The number of benzene rings is 1. The van der Waals surface area contributed by atoms with Crippen LogP contribution in [0.4, 0.5) is 0 Å². The van der Waals surface area contributed by atoms with Crippen LogP contribution in [-0.4, -0.2) is 31.1 Å². The highest BCUT2D eigenvalue weighted by molar-refractivity contribution is 7.14. The molecule has 0 unspecified atom stereocenters. The molecule has 0 saturated heterocycles. The highest BCUT2D eigenvalue weighted by Crippen LogP contribution is 2.32. The first-order valence-electron chi connectivity index (χ1n) is 9.99. The number of nitrogens with one attached hydrogen (secondary N) is 3. The summed E-state index contributed by atoms with van der Waals surface area (Å²) in [7, 11) is 0. The van der Waals surface area contributed by atoms with Crippen molar-refractivity contribution in [2.45, 2.75) is 38.5 Å². The Hall–Kier alpha value is -3.07. The second-order valence-corrected chi connectivity index (χ2v) is 8.36. The van der Waals surface area contributed by atoms with Crippen molar-refractivity contribution in [3.63, 3.8) is 0 Å². The molecular formula is C21H23N3O5S. The highest BCUT2D eigenvalue weighted by atomic mass is 32.1. The topological polar surface area (TPSA) is 106 Å². The van der Waals surface area contributed by atoms with E-state index in [9.17, 15) is 14.4 Å². The number of hydrogen-bond acceptors (Lipinski definition) is 6. The predicted octanol–water partition coefficient (Wildman–Crippen LogP) is 2.33. The van der Waals surface area contributed by atoms with Gasteiger partial charge in [-0.15, -0.1) is 11.3 Å². The Morgan fingerprint density at radius 1 is 0.900 bits per heavy atom. The van der Waals surface area contributed by atoms with Crippen molar-refractivity contribution in [1.82, 2.24) is 16.2 Å². The van der Waals surface area contributed by atoms with E-state index in [2.05, 4.69) is 16.2 Å². The number of hydrazine groups is 1. The van der Waals surface area contributed by atoms with Crippen molar-refractivity contribution >= 4 is 29.1 Å². The van der Waals surface area contributed by atoms with E-state index in [-0.39, 0.29) is 19.2 Å². The lowest BCUT2D eigenvalue weighted by molar-refractivity contribution is -0.120. The summed E-state index contributed by atoms with van der Waals surface area (Å²) in [5.74, 6) is -0.222. The fraction of sp³-hybridized carbons (Fsp3) is 0.381. The van der Waals surface area contributed by atoms with E-state index in [1.54, 1.807) is 18.2 Å². The minimum Gasteiger partial charge on any atom is -0.454 e. The van der Waals surface area contributed by atoms with E-state index in [0.29, 0.717) is 21.9 Å². The van der Waals surface area contributed by atoms with Crippen molar-refractivity contribution in [3.8, 4) is 11.5 Å². The average Bonchev–Trinajstić information content (AvgIpc) is 3.36. The average molecular weight is 429 g/mol. The van der Waals surface area contributed by atoms with Crippen LogP contribution in [-0.2, 0) is 17.6 Å². The summed E-state index contributed by atoms with van der Waals surface area (Å²) < 4.78 is 10.4. The second-order valence-electron chi connectivity index (χ2n) is 7.23. The number of amides is 3. The molecule has 4 rings (SSSR count). The van der Waals surface area contributed by atoms with Gasteiger partial charge in [0.25, 0.3) is 17.7 Å². The van der Waals surface area contributed by atoms with Crippen LogP contribution in [0.25, 0.3) is 0 Å². The number of thiophene rings is 1. The standard InChI is InChI=1S/C21H23N3O5S/c25-19(11-22-20(26)14-7-8-15-16(9-14)29-12-28-15)23-24-21(27)18-10-13-5-3-1-2-4-6-17(13)30-18/h7-10H,1-6,11-12H2,(H,22,26)(H,23,25)(H,24,27). The fourth-order valence-corrected chi connectivity index (χ4v) is 4.64. The van der Waals surface area contributed by atoms with Gasteiger partial charge in [-0.1, -0.05) is 12.8 Å². The van der Waals surface area contributed by atoms with E-state index in [4.69, 9.17) is 9.47 Å². The van der Waals surface area contributed by atoms with Gasteiger partial charge in [0.05, 0.1) is 11.4 Å². The summed E-state index contributed by atoms with van der Waals surface area (Å²) in [6, 6.07) is 6.71. The van der Waals surface area contributed by atoms with Gasteiger partial charge < -0.3 is 14.8 Å². The van der Waals surface area contributed by atoms with Crippen LogP contribution in [0.1, 0.15) is 56.2 Å². The largest absolute Gasteiger partial charge is 0.454 e. The zero-order chi connectivity index (χ0) is 20.9. The van der Waals surface area contributed by atoms with Crippen molar-refractivity contribution in [1.29, 1.82) is 0 Å². The first kappa shape index (κ1) is 20.2. The maximum absolute atomic E-state index is 12.4. The molecule has 0 saturated carbocycles. The van der Waals surface area contributed by atoms with E-state index in [0.717, 1.165) is 25.7 Å². The fourth-order valence-electron chi connectivity index (χ4n) is 3.49. The quantitative estimate of drug-likeness (QED) is 0.647. The van der Waals surface area contributed by atoms with Crippen molar-refractivity contribution in [3.05, 3.63) is 45.1 Å². The molecule has 1 aliphatic carbocycles. The van der Waals surface area contributed by atoms with Gasteiger partial charge in [-0.05, 0) is 55.5 Å².